The molecule has 0 aromatic heterocycles. The lowest BCUT2D eigenvalue weighted by molar-refractivity contribution is 0.134. The van der Waals surface area contributed by atoms with Crippen LogP contribution in [-0.4, -0.2) is 19.2 Å². The summed E-state index contributed by atoms with van der Waals surface area (Å²) in [6.45, 7) is 8.09. The van der Waals surface area contributed by atoms with Gasteiger partial charge in [0.1, 0.15) is 0 Å². The van der Waals surface area contributed by atoms with Crippen LogP contribution < -0.4 is 10.6 Å². The van der Waals surface area contributed by atoms with E-state index >= 15 is 0 Å². The molecule has 0 atom stereocenters. The van der Waals surface area contributed by atoms with E-state index in [1.54, 1.807) is 0 Å². The third-order valence-electron chi connectivity index (χ3n) is 2.73. The summed E-state index contributed by atoms with van der Waals surface area (Å²) in [7, 11) is 0. The second-order valence-corrected chi connectivity index (χ2v) is 4.86. The summed E-state index contributed by atoms with van der Waals surface area (Å²) in [4.78, 5) is 11.8. The van der Waals surface area contributed by atoms with Crippen molar-refractivity contribution in [2.75, 3.05) is 18.5 Å². The van der Waals surface area contributed by atoms with Crippen molar-refractivity contribution in [2.45, 2.75) is 33.8 Å². The highest BCUT2D eigenvalue weighted by atomic mass is 16.5. The molecule has 106 valence electrons. The number of hydrogen-bond acceptors (Lipinski definition) is 2. The summed E-state index contributed by atoms with van der Waals surface area (Å²) < 4.78 is 5.38. The van der Waals surface area contributed by atoms with E-state index < -0.39 is 0 Å². The highest BCUT2D eigenvalue weighted by Crippen LogP contribution is 2.15. The van der Waals surface area contributed by atoms with Crippen LogP contribution in [0.15, 0.2) is 24.3 Å². The fourth-order valence-electron chi connectivity index (χ4n) is 1.62. The smallest absolute Gasteiger partial charge is 0.319 e. The molecule has 0 aliphatic heterocycles. The molecule has 0 saturated carbocycles. The lowest BCUT2D eigenvalue weighted by Gasteiger charge is -2.12. The molecule has 0 unspecified atom stereocenters. The van der Waals surface area contributed by atoms with Crippen molar-refractivity contribution in [3.05, 3.63) is 29.8 Å². The summed E-state index contributed by atoms with van der Waals surface area (Å²) >= 11 is 0. The Bertz CT molecular complexity index is 391. The van der Waals surface area contributed by atoms with Gasteiger partial charge in [0.25, 0.3) is 0 Å². The van der Waals surface area contributed by atoms with E-state index in [0.717, 1.165) is 17.7 Å². The quantitative estimate of drug-likeness (QED) is 0.793. The predicted octanol–water partition coefficient (Wildman–Crippen LogP) is 3.39. The minimum atomic E-state index is -0.162. The number of benzene rings is 1. The molecule has 0 fully saturated rings. The van der Waals surface area contributed by atoms with Gasteiger partial charge in [0.05, 0.1) is 6.61 Å². The van der Waals surface area contributed by atoms with E-state index in [1.165, 1.54) is 0 Å². The van der Waals surface area contributed by atoms with Crippen molar-refractivity contribution in [3.63, 3.8) is 0 Å². The number of amides is 2. The van der Waals surface area contributed by atoms with E-state index in [9.17, 15) is 4.79 Å². The maximum Gasteiger partial charge on any atom is 0.319 e. The molecule has 0 spiro atoms. The zero-order chi connectivity index (χ0) is 14.1. The number of urea groups is 1. The zero-order valence-corrected chi connectivity index (χ0v) is 12.0. The minimum absolute atomic E-state index is 0.162. The Morgan fingerprint density at radius 2 is 2.05 bits per heavy atom. The first-order valence-electron chi connectivity index (χ1n) is 6.84. The van der Waals surface area contributed by atoms with Crippen molar-refractivity contribution < 1.29 is 9.53 Å². The second kappa shape index (κ2) is 8.53. The molecule has 2 amide bonds. The molecular formula is C15H24N2O2. The summed E-state index contributed by atoms with van der Waals surface area (Å²) in [5.41, 5.74) is 1.79. The molecule has 1 aromatic carbocycles. The van der Waals surface area contributed by atoms with Crippen LogP contribution in [0.5, 0.6) is 0 Å². The van der Waals surface area contributed by atoms with Gasteiger partial charge in [-0.2, -0.15) is 0 Å². The predicted molar refractivity (Wildman–Crippen MR) is 78.2 cm³/mol. The number of para-hydroxylation sites is 1. The Kier molecular flexibility index (Phi) is 6.97. The number of hydrogen-bond donors (Lipinski definition) is 2. The number of rotatable bonds is 7. The average molecular weight is 264 g/mol. The number of carbonyl (C=O) groups excluding carboxylic acids is 1. The van der Waals surface area contributed by atoms with Gasteiger partial charge >= 0.3 is 6.03 Å². The molecule has 0 aliphatic rings. The van der Waals surface area contributed by atoms with Crippen molar-refractivity contribution in [2.24, 2.45) is 5.92 Å². The number of nitrogens with one attached hydrogen (secondary N) is 2. The summed E-state index contributed by atoms with van der Waals surface area (Å²) in [6.07, 6.45) is 0.980. The zero-order valence-electron chi connectivity index (χ0n) is 12.0. The molecular weight excluding hydrogens is 240 g/mol. The number of anilines is 1. The van der Waals surface area contributed by atoms with Gasteiger partial charge in [-0.1, -0.05) is 32.0 Å². The van der Waals surface area contributed by atoms with Crippen molar-refractivity contribution in [1.29, 1.82) is 0 Å². The highest BCUT2D eigenvalue weighted by molar-refractivity contribution is 5.90. The van der Waals surface area contributed by atoms with Gasteiger partial charge in [0, 0.05) is 24.4 Å². The normalized spacial score (nSPS) is 10.5. The molecule has 0 saturated heterocycles. The van der Waals surface area contributed by atoms with E-state index in [-0.39, 0.29) is 6.03 Å². The van der Waals surface area contributed by atoms with Crippen LogP contribution in [0.25, 0.3) is 0 Å². The first-order valence-corrected chi connectivity index (χ1v) is 6.84. The number of carbonyl (C=O) groups is 1. The molecule has 0 radical (unpaired) electrons. The molecule has 1 aromatic rings. The van der Waals surface area contributed by atoms with Crippen LogP contribution in [0.3, 0.4) is 0 Å². The van der Waals surface area contributed by atoms with E-state index in [1.807, 2.05) is 31.2 Å². The van der Waals surface area contributed by atoms with Crippen LogP contribution in [0.4, 0.5) is 10.5 Å². The third-order valence-corrected chi connectivity index (χ3v) is 2.73. The van der Waals surface area contributed by atoms with Crippen molar-refractivity contribution in [3.8, 4) is 0 Å². The highest BCUT2D eigenvalue weighted by Gasteiger charge is 2.06. The molecule has 0 bridgehead atoms. The van der Waals surface area contributed by atoms with Gasteiger partial charge in [0.15, 0.2) is 0 Å². The first kappa shape index (κ1) is 15.5. The molecule has 4 heteroatoms. The average Bonchev–Trinajstić information content (AvgIpc) is 2.37. The maximum atomic E-state index is 11.8. The van der Waals surface area contributed by atoms with Crippen molar-refractivity contribution >= 4 is 11.7 Å². The summed E-state index contributed by atoms with van der Waals surface area (Å²) in [6, 6.07) is 7.52. The molecule has 1 rings (SSSR count). The van der Waals surface area contributed by atoms with Gasteiger partial charge < -0.3 is 15.4 Å². The Morgan fingerprint density at radius 1 is 1.32 bits per heavy atom. The van der Waals surface area contributed by atoms with Gasteiger partial charge in [-0.05, 0) is 25.3 Å². The molecule has 0 aliphatic carbocycles. The fourth-order valence-corrected chi connectivity index (χ4v) is 1.62. The Hall–Kier alpha value is -1.55. The number of ether oxygens (including phenoxy) is 1. The van der Waals surface area contributed by atoms with E-state index in [4.69, 9.17) is 4.74 Å². The first-order chi connectivity index (χ1) is 9.13. The van der Waals surface area contributed by atoms with Crippen LogP contribution in [0.1, 0.15) is 32.8 Å². The Balaban J connectivity index is 2.48. The topological polar surface area (TPSA) is 50.4 Å². The van der Waals surface area contributed by atoms with Crippen LogP contribution in [0, 0.1) is 5.92 Å². The molecule has 0 heterocycles. The van der Waals surface area contributed by atoms with Gasteiger partial charge in [-0.15, -0.1) is 0 Å². The molecule has 4 nitrogen and oxygen atoms in total. The molecule has 2 N–H and O–H groups in total. The van der Waals surface area contributed by atoms with E-state index in [0.29, 0.717) is 25.7 Å². The largest absolute Gasteiger partial charge is 0.377 e. The van der Waals surface area contributed by atoms with Gasteiger partial charge in [0.2, 0.25) is 0 Å². The monoisotopic (exact) mass is 264 g/mol. The Morgan fingerprint density at radius 3 is 2.74 bits per heavy atom. The van der Waals surface area contributed by atoms with Gasteiger partial charge in [-0.25, -0.2) is 4.79 Å². The SMILES string of the molecule is CCOCc1ccccc1NC(=O)NCCC(C)C. The van der Waals surface area contributed by atoms with Crippen LogP contribution >= 0.6 is 0 Å². The summed E-state index contributed by atoms with van der Waals surface area (Å²) in [5.74, 6) is 0.588. The summed E-state index contributed by atoms with van der Waals surface area (Å²) in [5, 5.41) is 5.72. The maximum absolute atomic E-state index is 11.8. The minimum Gasteiger partial charge on any atom is -0.377 e. The lowest BCUT2D eigenvalue weighted by atomic mass is 10.1. The van der Waals surface area contributed by atoms with Crippen LogP contribution in [-0.2, 0) is 11.3 Å². The fraction of sp³-hybridized carbons (Fsp3) is 0.533. The van der Waals surface area contributed by atoms with Crippen LogP contribution in [0.2, 0.25) is 0 Å². The van der Waals surface area contributed by atoms with Crippen molar-refractivity contribution in [1.82, 2.24) is 5.32 Å². The second-order valence-electron chi connectivity index (χ2n) is 4.86. The molecule has 19 heavy (non-hydrogen) atoms. The third kappa shape index (κ3) is 6.25. The van der Waals surface area contributed by atoms with E-state index in [2.05, 4.69) is 24.5 Å². The standard InChI is InChI=1S/C15H24N2O2/c1-4-19-11-13-7-5-6-8-14(13)17-15(18)16-10-9-12(2)3/h5-8,12H,4,9-11H2,1-3H3,(H2,16,17,18). The lowest BCUT2D eigenvalue weighted by Crippen LogP contribution is -2.30. The Labute approximate surface area is 115 Å². The van der Waals surface area contributed by atoms with Gasteiger partial charge in [-0.3, -0.25) is 0 Å².